The maximum absolute atomic E-state index is 13.8. The molecule has 0 unspecified atom stereocenters. The van der Waals surface area contributed by atoms with Crippen LogP contribution in [0.4, 0.5) is 15.8 Å². The second-order valence-corrected chi connectivity index (χ2v) is 6.75. The van der Waals surface area contributed by atoms with Crippen molar-refractivity contribution in [1.29, 1.82) is 0 Å². The summed E-state index contributed by atoms with van der Waals surface area (Å²) in [6.07, 6.45) is 0. The van der Waals surface area contributed by atoms with E-state index >= 15 is 0 Å². The largest absolute Gasteiger partial charge is 0.340 e. The first-order valence-electron chi connectivity index (χ1n) is 7.42. The molecule has 4 heteroatoms. The van der Waals surface area contributed by atoms with Crippen molar-refractivity contribution < 1.29 is 4.39 Å². The molecule has 0 bridgehead atoms. The number of anilines is 2. The molecular weight excluding hydrogens is 295 g/mol. The number of hydrogen-bond donors (Lipinski definition) is 0. The van der Waals surface area contributed by atoms with Crippen LogP contribution in [0.1, 0.15) is 5.56 Å². The molecule has 112 valence electrons. The van der Waals surface area contributed by atoms with Gasteiger partial charge in [0.1, 0.15) is 5.82 Å². The van der Waals surface area contributed by atoms with Gasteiger partial charge in [-0.2, -0.15) is 0 Å². The van der Waals surface area contributed by atoms with Crippen LogP contribution in [0.5, 0.6) is 0 Å². The van der Waals surface area contributed by atoms with Gasteiger partial charge in [0, 0.05) is 35.7 Å². The van der Waals surface area contributed by atoms with E-state index in [0.717, 1.165) is 31.0 Å². The Bertz CT molecular complexity index is 827. The molecule has 0 atom stereocenters. The quantitative estimate of drug-likeness (QED) is 0.647. The fourth-order valence-corrected chi connectivity index (χ4v) is 3.84. The molecule has 0 aliphatic carbocycles. The lowest BCUT2D eigenvalue weighted by Crippen LogP contribution is -2.26. The Hall–Kier alpha value is -1.91. The minimum atomic E-state index is -0.176. The van der Waals surface area contributed by atoms with E-state index in [4.69, 9.17) is 0 Å². The highest BCUT2D eigenvalue weighted by Gasteiger charge is 2.20. The van der Waals surface area contributed by atoms with Gasteiger partial charge in [-0.1, -0.05) is 6.07 Å². The Morgan fingerprint density at radius 3 is 2.86 bits per heavy atom. The van der Waals surface area contributed by atoms with Crippen molar-refractivity contribution in [2.24, 2.45) is 0 Å². The van der Waals surface area contributed by atoms with Gasteiger partial charge in [-0.15, -0.1) is 11.3 Å². The monoisotopic (exact) mass is 312 g/mol. The Kier molecular flexibility index (Phi) is 3.36. The predicted molar refractivity (Wildman–Crippen MR) is 91.6 cm³/mol. The van der Waals surface area contributed by atoms with Crippen molar-refractivity contribution in [3.8, 4) is 0 Å². The molecule has 0 saturated heterocycles. The van der Waals surface area contributed by atoms with E-state index in [0.29, 0.717) is 0 Å². The molecule has 3 aromatic rings. The van der Waals surface area contributed by atoms with Crippen LogP contribution in [0.25, 0.3) is 10.1 Å². The topological polar surface area (TPSA) is 6.48 Å². The number of nitrogens with zero attached hydrogens (tertiary/aromatic N) is 2. The van der Waals surface area contributed by atoms with E-state index in [1.807, 2.05) is 6.07 Å². The average molecular weight is 312 g/mol. The second-order valence-electron chi connectivity index (χ2n) is 5.81. The minimum absolute atomic E-state index is 0.176. The van der Waals surface area contributed by atoms with Crippen LogP contribution in [-0.4, -0.2) is 25.0 Å². The van der Waals surface area contributed by atoms with Gasteiger partial charge in [0.25, 0.3) is 0 Å². The fourth-order valence-electron chi connectivity index (χ4n) is 3.07. The maximum Gasteiger partial charge on any atom is 0.125 e. The molecule has 2 aromatic carbocycles. The first kappa shape index (κ1) is 13.7. The normalized spacial score (nSPS) is 15.8. The number of rotatable bonds is 1. The zero-order chi connectivity index (χ0) is 15.1. The van der Waals surface area contributed by atoms with Gasteiger partial charge in [-0.05, 0) is 59.8 Å². The molecule has 1 aliphatic heterocycles. The minimum Gasteiger partial charge on any atom is -0.340 e. The van der Waals surface area contributed by atoms with E-state index in [1.165, 1.54) is 15.6 Å². The highest BCUT2D eigenvalue weighted by atomic mass is 32.1. The highest BCUT2D eigenvalue weighted by molar-refractivity contribution is 7.17. The van der Waals surface area contributed by atoms with Crippen LogP contribution in [0, 0.1) is 5.82 Å². The lowest BCUT2D eigenvalue weighted by molar-refractivity contribution is 0.343. The van der Waals surface area contributed by atoms with E-state index in [-0.39, 0.29) is 5.82 Å². The molecule has 2 heterocycles. The number of hydrogen-bond acceptors (Lipinski definition) is 3. The van der Waals surface area contributed by atoms with Gasteiger partial charge in [0.05, 0.1) is 0 Å². The van der Waals surface area contributed by atoms with E-state index in [1.54, 1.807) is 23.5 Å². The van der Waals surface area contributed by atoms with Crippen molar-refractivity contribution in [2.45, 2.75) is 6.54 Å². The van der Waals surface area contributed by atoms with Crippen molar-refractivity contribution in [3.05, 3.63) is 59.2 Å². The Balaban J connectivity index is 1.84. The third-order valence-corrected chi connectivity index (χ3v) is 5.13. The predicted octanol–water partition coefficient (Wildman–Crippen LogP) is 4.62. The van der Waals surface area contributed by atoms with Crippen molar-refractivity contribution in [2.75, 3.05) is 25.0 Å². The molecule has 22 heavy (non-hydrogen) atoms. The van der Waals surface area contributed by atoms with Crippen molar-refractivity contribution >= 4 is 32.8 Å². The Morgan fingerprint density at radius 1 is 1.05 bits per heavy atom. The summed E-state index contributed by atoms with van der Waals surface area (Å²) in [6.45, 7) is 2.67. The molecule has 2 nitrogen and oxygen atoms in total. The zero-order valence-corrected chi connectivity index (χ0v) is 13.2. The second kappa shape index (κ2) is 5.38. The summed E-state index contributed by atoms with van der Waals surface area (Å²) in [5.74, 6) is -0.176. The molecule has 0 amide bonds. The van der Waals surface area contributed by atoms with Gasteiger partial charge >= 0.3 is 0 Å². The summed E-state index contributed by atoms with van der Waals surface area (Å²) in [5, 5.41) is 3.36. The molecule has 0 N–H and O–H groups in total. The summed E-state index contributed by atoms with van der Waals surface area (Å²) in [7, 11) is 2.11. The molecule has 0 spiro atoms. The van der Waals surface area contributed by atoms with Crippen LogP contribution < -0.4 is 4.90 Å². The molecule has 1 aromatic heterocycles. The van der Waals surface area contributed by atoms with E-state index < -0.39 is 0 Å². The van der Waals surface area contributed by atoms with Crippen molar-refractivity contribution in [3.63, 3.8) is 0 Å². The number of likely N-dealkylation sites (N-methyl/N-ethyl adjacent to an activating group) is 1. The van der Waals surface area contributed by atoms with Crippen LogP contribution in [0.2, 0.25) is 0 Å². The van der Waals surface area contributed by atoms with Gasteiger partial charge in [0.15, 0.2) is 0 Å². The van der Waals surface area contributed by atoms with Crippen molar-refractivity contribution in [1.82, 2.24) is 4.90 Å². The van der Waals surface area contributed by atoms with Crippen LogP contribution in [0.15, 0.2) is 47.8 Å². The standard InChI is InChI=1S/C18H17FN2S/c1-20-7-8-21(17-11-15(19)3-2-14(17)12-20)16-4-5-18-13(10-16)6-9-22-18/h2-6,9-11H,7-8,12H2,1H3. The fraction of sp³-hybridized carbons (Fsp3) is 0.222. The van der Waals surface area contributed by atoms with Gasteiger partial charge in [-0.3, -0.25) is 0 Å². The van der Waals surface area contributed by atoms with Gasteiger partial charge in [0.2, 0.25) is 0 Å². The molecule has 4 rings (SSSR count). The highest BCUT2D eigenvalue weighted by Crippen LogP contribution is 2.34. The van der Waals surface area contributed by atoms with E-state index in [9.17, 15) is 4.39 Å². The molecule has 0 radical (unpaired) electrons. The summed E-state index contributed by atoms with van der Waals surface area (Å²) in [6, 6.07) is 13.8. The molecule has 0 fully saturated rings. The van der Waals surface area contributed by atoms with Crippen LogP contribution in [0.3, 0.4) is 0 Å². The summed E-state index contributed by atoms with van der Waals surface area (Å²) in [4.78, 5) is 4.51. The first-order valence-corrected chi connectivity index (χ1v) is 8.30. The summed E-state index contributed by atoms with van der Waals surface area (Å²) >= 11 is 1.75. The number of benzene rings is 2. The van der Waals surface area contributed by atoms with Crippen LogP contribution >= 0.6 is 11.3 Å². The zero-order valence-electron chi connectivity index (χ0n) is 12.4. The third-order valence-electron chi connectivity index (χ3n) is 4.23. The lowest BCUT2D eigenvalue weighted by Gasteiger charge is -2.25. The number of thiophene rings is 1. The SMILES string of the molecule is CN1CCN(c2ccc3sccc3c2)c2cc(F)ccc2C1. The summed E-state index contributed by atoms with van der Waals surface area (Å²) in [5.41, 5.74) is 3.29. The average Bonchev–Trinajstić information content (AvgIpc) is 2.91. The molecular formula is C18H17FN2S. The lowest BCUT2D eigenvalue weighted by atomic mass is 10.1. The first-order chi connectivity index (χ1) is 10.7. The Labute approximate surface area is 133 Å². The van der Waals surface area contributed by atoms with Gasteiger partial charge in [-0.25, -0.2) is 4.39 Å². The van der Waals surface area contributed by atoms with E-state index in [2.05, 4.69) is 46.5 Å². The maximum atomic E-state index is 13.8. The Morgan fingerprint density at radius 2 is 1.95 bits per heavy atom. The number of halogens is 1. The number of fused-ring (bicyclic) bond motifs is 2. The van der Waals surface area contributed by atoms with Gasteiger partial charge < -0.3 is 9.80 Å². The smallest absolute Gasteiger partial charge is 0.125 e. The van der Waals surface area contributed by atoms with Crippen LogP contribution in [-0.2, 0) is 6.54 Å². The third kappa shape index (κ3) is 2.38. The summed E-state index contributed by atoms with van der Waals surface area (Å²) < 4.78 is 15.1. The molecule has 0 saturated carbocycles. The molecule has 1 aliphatic rings.